The van der Waals surface area contributed by atoms with Crippen molar-refractivity contribution in [2.75, 3.05) is 18.5 Å². The van der Waals surface area contributed by atoms with Crippen LogP contribution >= 0.6 is 11.5 Å². The highest BCUT2D eigenvalue weighted by Crippen LogP contribution is 2.31. The van der Waals surface area contributed by atoms with E-state index < -0.39 is 17.4 Å². The number of hydrogen-bond donors (Lipinski definition) is 3. The third-order valence-electron chi connectivity index (χ3n) is 3.34. The topological polar surface area (TPSA) is 115 Å². The monoisotopic (exact) mass is 285 g/mol. The lowest BCUT2D eigenvalue weighted by molar-refractivity contribution is -0.125. The van der Waals surface area contributed by atoms with Crippen molar-refractivity contribution in [2.45, 2.75) is 19.9 Å². The van der Waals surface area contributed by atoms with E-state index >= 15 is 0 Å². The van der Waals surface area contributed by atoms with Gasteiger partial charge < -0.3 is 20.9 Å². The lowest BCUT2D eigenvalue weighted by Gasteiger charge is -2.24. The van der Waals surface area contributed by atoms with Crippen molar-refractivity contribution in [3.8, 4) is 0 Å². The van der Waals surface area contributed by atoms with Crippen LogP contribution < -0.4 is 11.1 Å². The fourth-order valence-electron chi connectivity index (χ4n) is 1.88. The van der Waals surface area contributed by atoms with E-state index in [1.165, 1.54) is 0 Å². The Balaban J connectivity index is 2.22. The van der Waals surface area contributed by atoms with Crippen molar-refractivity contribution in [3.63, 3.8) is 0 Å². The van der Waals surface area contributed by atoms with E-state index in [9.17, 15) is 9.59 Å². The maximum Gasteiger partial charge on any atom is 0.340 e. The number of aromatic carboxylic acids is 1. The predicted octanol–water partition coefficient (Wildman–Crippen LogP) is 0.452. The van der Waals surface area contributed by atoms with Crippen molar-refractivity contribution in [1.82, 2.24) is 4.37 Å². The summed E-state index contributed by atoms with van der Waals surface area (Å²) in [5.41, 5.74) is 5.41. The summed E-state index contributed by atoms with van der Waals surface area (Å²) in [6.45, 7) is 3.83. The Morgan fingerprint density at radius 3 is 2.84 bits per heavy atom. The van der Waals surface area contributed by atoms with Gasteiger partial charge in [0.25, 0.3) is 0 Å². The van der Waals surface area contributed by atoms with Crippen molar-refractivity contribution in [2.24, 2.45) is 11.1 Å². The smallest absolute Gasteiger partial charge is 0.340 e. The second-order valence-electron chi connectivity index (χ2n) is 4.77. The molecule has 2 rings (SSSR count). The zero-order chi connectivity index (χ0) is 14.2. The van der Waals surface area contributed by atoms with Crippen LogP contribution in [0.1, 0.15) is 23.0 Å². The number of nitrogens with one attached hydrogen (secondary N) is 1. The van der Waals surface area contributed by atoms with E-state index in [-0.39, 0.29) is 23.1 Å². The first kappa shape index (κ1) is 13.9. The normalized spacial score (nSPS) is 26.4. The third-order valence-corrected chi connectivity index (χ3v) is 4.19. The van der Waals surface area contributed by atoms with Crippen LogP contribution in [0, 0.1) is 12.3 Å². The predicted molar refractivity (Wildman–Crippen MR) is 69.3 cm³/mol. The standard InChI is InChI=1S/C11H15N3O4S/c1-5-7(9(15)16)8(19-14-5)13-10(17)11(2)4-18-3-6(11)12/h6H,3-4,12H2,1-2H3,(H,13,17)(H,15,16). The fraction of sp³-hybridized carbons (Fsp3) is 0.545. The summed E-state index contributed by atoms with van der Waals surface area (Å²) in [6, 6.07) is -0.408. The molecule has 1 aromatic rings. The van der Waals surface area contributed by atoms with Gasteiger partial charge in [-0.05, 0) is 25.4 Å². The van der Waals surface area contributed by atoms with Gasteiger partial charge in [-0.25, -0.2) is 4.79 Å². The third kappa shape index (κ3) is 2.34. The second kappa shape index (κ2) is 4.87. The molecule has 1 aliphatic heterocycles. The highest BCUT2D eigenvalue weighted by Gasteiger charge is 2.44. The minimum atomic E-state index is -1.11. The zero-order valence-electron chi connectivity index (χ0n) is 10.6. The van der Waals surface area contributed by atoms with E-state index in [1.54, 1.807) is 13.8 Å². The van der Waals surface area contributed by atoms with Crippen molar-refractivity contribution in [1.29, 1.82) is 0 Å². The van der Waals surface area contributed by atoms with Gasteiger partial charge in [-0.1, -0.05) is 0 Å². The average Bonchev–Trinajstić information content (AvgIpc) is 2.85. The Kier molecular flexibility index (Phi) is 3.57. The largest absolute Gasteiger partial charge is 0.478 e. The molecule has 19 heavy (non-hydrogen) atoms. The Labute approximate surface area is 113 Å². The molecule has 4 N–H and O–H groups in total. The van der Waals surface area contributed by atoms with Gasteiger partial charge in [0.05, 0.1) is 24.3 Å². The van der Waals surface area contributed by atoms with Crippen LogP contribution in [0.5, 0.6) is 0 Å². The number of anilines is 1. The minimum absolute atomic E-state index is 0.0226. The van der Waals surface area contributed by atoms with Crippen LogP contribution in [-0.2, 0) is 9.53 Å². The number of nitrogens with zero attached hydrogens (tertiary/aromatic N) is 1. The molecule has 7 nitrogen and oxygen atoms in total. The molecule has 2 heterocycles. The van der Waals surface area contributed by atoms with Crippen molar-refractivity contribution < 1.29 is 19.4 Å². The first-order valence-corrected chi connectivity index (χ1v) is 6.48. The number of carboxylic acids is 1. The van der Waals surface area contributed by atoms with Gasteiger partial charge in [-0.2, -0.15) is 4.37 Å². The molecule has 1 saturated heterocycles. The van der Waals surface area contributed by atoms with Gasteiger partial charge in [0.15, 0.2) is 0 Å². The number of rotatable bonds is 3. The molecule has 8 heteroatoms. The summed E-state index contributed by atoms with van der Waals surface area (Å²) in [5, 5.41) is 11.9. The lowest BCUT2D eigenvalue weighted by atomic mass is 9.85. The highest BCUT2D eigenvalue weighted by atomic mass is 32.1. The van der Waals surface area contributed by atoms with E-state index in [4.69, 9.17) is 15.6 Å². The number of amides is 1. The summed E-state index contributed by atoms with van der Waals surface area (Å²) in [5.74, 6) is -1.46. The van der Waals surface area contributed by atoms with Crippen LogP contribution in [0.25, 0.3) is 0 Å². The number of aromatic nitrogens is 1. The maximum atomic E-state index is 12.2. The Hall–Kier alpha value is -1.51. The molecule has 1 aromatic heterocycles. The van der Waals surface area contributed by atoms with Gasteiger partial charge in [0.1, 0.15) is 10.6 Å². The molecule has 0 radical (unpaired) electrons. The number of carbonyl (C=O) groups is 2. The molecule has 0 saturated carbocycles. The summed E-state index contributed by atoms with van der Waals surface area (Å²) in [4.78, 5) is 23.4. The Bertz CT molecular complexity index is 530. The highest BCUT2D eigenvalue weighted by molar-refractivity contribution is 7.11. The molecule has 2 atom stereocenters. The Morgan fingerprint density at radius 2 is 2.32 bits per heavy atom. The summed E-state index contributed by atoms with van der Waals surface area (Å²) >= 11 is 0.947. The maximum absolute atomic E-state index is 12.2. The van der Waals surface area contributed by atoms with Crippen molar-refractivity contribution >= 4 is 28.4 Å². The van der Waals surface area contributed by atoms with E-state index in [1.807, 2.05) is 0 Å². The van der Waals surface area contributed by atoms with Crippen LogP contribution in [-0.4, -0.2) is 40.6 Å². The van der Waals surface area contributed by atoms with Gasteiger partial charge in [-0.15, -0.1) is 0 Å². The molecule has 0 spiro atoms. The second-order valence-corrected chi connectivity index (χ2v) is 5.54. The molecule has 1 aliphatic rings. The lowest BCUT2D eigenvalue weighted by Crippen LogP contribution is -2.47. The number of ether oxygens (including phenoxy) is 1. The zero-order valence-corrected chi connectivity index (χ0v) is 11.4. The number of nitrogens with two attached hydrogens (primary N) is 1. The summed E-state index contributed by atoms with van der Waals surface area (Å²) in [7, 11) is 0. The fourth-order valence-corrected chi connectivity index (χ4v) is 2.66. The van der Waals surface area contributed by atoms with Gasteiger partial charge in [0, 0.05) is 6.04 Å². The molecule has 2 unspecified atom stereocenters. The minimum Gasteiger partial charge on any atom is -0.478 e. The van der Waals surface area contributed by atoms with Crippen LogP contribution in [0.2, 0.25) is 0 Å². The molecular weight excluding hydrogens is 270 g/mol. The van der Waals surface area contributed by atoms with Crippen LogP contribution in [0.15, 0.2) is 0 Å². The number of aryl methyl sites for hydroxylation is 1. The van der Waals surface area contributed by atoms with E-state index in [2.05, 4.69) is 9.69 Å². The van der Waals surface area contributed by atoms with Crippen LogP contribution in [0.4, 0.5) is 5.00 Å². The molecular formula is C11H15N3O4S. The van der Waals surface area contributed by atoms with Gasteiger partial charge >= 0.3 is 5.97 Å². The van der Waals surface area contributed by atoms with Gasteiger partial charge in [-0.3, -0.25) is 4.79 Å². The quantitative estimate of drug-likeness (QED) is 0.743. The number of hydrogen-bond acceptors (Lipinski definition) is 6. The SMILES string of the molecule is Cc1nsc(NC(=O)C2(C)COCC2N)c1C(=O)O. The van der Waals surface area contributed by atoms with Gasteiger partial charge in [0.2, 0.25) is 5.91 Å². The number of carbonyl (C=O) groups excluding carboxylic acids is 1. The van der Waals surface area contributed by atoms with Crippen LogP contribution in [0.3, 0.4) is 0 Å². The molecule has 1 amide bonds. The molecule has 0 bridgehead atoms. The molecule has 0 aromatic carbocycles. The summed E-state index contributed by atoms with van der Waals surface area (Å²) < 4.78 is 9.14. The molecule has 1 fully saturated rings. The first-order valence-electron chi connectivity index (χ1n) is 5.70. The summed E-state index contributed by atoms with van der Waals surface area (Å²) in [6.07, 6.45) is 0. The first-order chi connectivity index (χ1) is 8.86. The van der Waals surface area contributed by atoms with E-state index in [0.29, 0.717) is 12.3 Å². The van der Waals surface area contributed by atoms with E-state index in [0.717, 1.165) is 11.5 Å². The average molecular weight is 285 g/mol. The Morgan fingerprint density at radius 1 is 1.63 bits per heavy atom. The molecule has 0 aliphatic carbocycles. The van der Waals surface area contributed by atoms with Crippen molar-refractivity contribution in [3.05, 3.63) is 11.3 Å². The number of carboxylic acid groups (broad SMARTS) is 1. The molecule has 104 valence electrons.